The van der Waals surface area contributed by atoms with Crippen LogP contribution in [0.2, 0.25) is 0 Å². The van der Waals surface area contributed by atoms with Crippen molar-refractivity contribution < 1.29 is 60.5 Å². The van der Waals surface area contributed by atoms with Crippen molar-refractivity contribution in [3.8, 4) is 0 Å². The standard InChI is InChI=1S/C4F6O3.Zn/c5-3(6,2(12)13-10)1(11)4(7,8)9;. The van der Waals surface area contributed by atoms with Gasteiger partial charge in [-0.1, -0.05) is 0 Å². The molecule has 0 aliphatic rings. The van der Waals surface area contributed by atoms with Gasteiger partial charge in [-0.15, -0.1) is 0 Å². The molecular formula is C4F6O3Zn. The minimum Gasteiger partial charge on any atom is -0.282 e. The summed E-state index contributed by atoms with van der Waals surface area (Å²) in [6.07, 6.45) is -5.93. The zero-order valence-corrected chi connectivity index (χ0v) is 9.17. The van der Waals surface area contributed by atoms with Gasteiger partial charge >= 0.3 is 23.9 Å². The number of Topliss-reactive ketones (excluding diaryl/α,β-unsaturated/α-hetero) is 1. The van der Waals surface area contributed by atoms with Crippen molar-refractivity contribution >= 4 is 11.8 Å². The fraction of sp³-hybridized carbons (Fsp3) is 0.500. The summed E-state index contributed by atoms with van der Waals surface area (Å²) in [5, 5.41) is 0. The fourth-order valence-corrected chi connectivity index (χ4v) is 0.319. The van der Waals surface area contributed by atoms with Gasteiger partial charge in [-0.3, -0.25) is 4.79 Å². The molecule has 0 saturated heterocycles. The van der Waals surface area contributed by atoms with Crippen LogP contribution in [-0.4, -0.2) is 23.9 Å². The van der Waals surface area contributed by atoms with Gasteiger partial charge in [0.15, 0.2) is 0 Å². The van der Waals surface area contributed by atoms with Crippen LogP contribution in [0.1, 0.15) is 0 Å². The van der Waals surface area contributed by atoms with Crippen LogP contribution in [0.25, 0.3) is 0 Å². The third-order valence-corrected chi connectivity index (χ3v) is 0.869. The van der Waals surface area contributed by atoms with Gasteiger partial charge in [0.1, 0.15) is 0 Å². The molecule has 0 N–H and O–H groups in total. The van der Waals surface area contributed by atoms with Crippen molar-refractivity contribution in [3.05, 3.63) is 0 Å². The quantitative estimate of drug-likeness (QED) is 0.432. The molecule has 0 radical (unpaired) electrons. The van der Waals surface area contributed by atoms with Crippen LogP contribution in [0.4, 0.5) is 26.5 Å². The van der Waals surface area contributed by atoms with Crippen molar-refractivity contribution in [2.24, 2.45) is 0 Å². The number of alkyl halides is 5. The van der Waals surface area contributed by atoms with E-state index < -0.39 is 23.9 Å². The molecule has 0 aromatic carbocycles. The average Bonchev–Trinajstić information content (AvgIpc) is 1.99. The van der Waals surface area contributed by atoms with Crippen LogP contribution in [0.15, 0.2) is 0 Å². The Morgan fingerprint density at radius 2 is 1.36 bits per heavy atom. The van der Waals surface area contributed by atoms with E-state index in [1.807, 2.05) is 4.94 Å². The summed E-state index contributed by atoms with van der Waals surface area (Å²) in [6, 6.07) is 0. The van der Waals surface area contributed by atoms with Gasteiger partial charge < -0.3 is 0 Å². The maximum absolute atomic E-state index is 11.9. The molecule has 0 aliphatic heterocycles. The Bertz CT molecular complexity index is 236. The third kappa shape index (κ3) is 3.24. The molecule has 78 valence electrons. The van der Waals surface area contributed by atoms with E-state index in [1.165, 1.54) is 0 Å². The summed E-state index contributed by atoms with van der Waals surface area (Å²) in [5.74, 6) is -12.4. The minimum atomic E-state index is -5.93. The molecular weight excluding hydrogens is 275 g/mol. The number of hydrogen-bond donors (Lipinski definition) is 0. The van der Waals surface area contributed by atoms with Gasteiger partial charge in [0.25, 0.3) is 0 Å². The molecule has 0 amide bonds. The second-order valence-electron chi connectivity index (χ2n) is 1.77. The second kappa shape index (κ2) is 4.72. The molecule has 0 aliphatic carbocycles. The summed E-state index contributed by atoms with van der Waals surface area (Å²) in [4.78, 5) is 21.2. The summed E-state index contributed by atoms with van der Waals surface area (Å²) in [5.41, 5.74) is 0. The minimum absolute atomic E-state index is 0. The van der Waals surface area contributed by atoms with Crippen molar-refractivity contribution in [1.82, 2.24) is 0 Å². The molecule has 10 heteroatoms. The summed E-state index contributed by atoms with van der Waals surface area (Å²) < 4.78 is 68.5. The normalized spacial score (nSPS) is 11.6. The van der Waals surface area contributed by atoms with Crippen molar-refractivity contribution in [2.75, 3.05) is 0 Å². The van der Waals surface area contributed by atoms with E-state index in [1.54, 1.807) is 0 Å². The first-order valence-electron chi connectivity index (χ1n) is 2.46. The first kappa shape index (κ1) is 15.8. The Morgan fingerprint density at radius 3 is 1.57 bits per heavy atom. The Kier molecular flexibility index (Phi) is 5.33. The zero-order valence-electron chi connectivity index (χ0n) is 6.20. The molecule has 0 bridgehead atoms. The molecule has 14 heavy (non-hydrogen) atoms. The van der Waals surface area contributed by atoms with Crippen molar-refractivity contribution in [1.29, 1.82) is 0 Å². The van der Waals surface area contributed by atoms with Crippen LogP contribution in [-0.2, 0) is 34.0 Å². The predicted molar refractivity (Wildman–Crippen MR) is 23.2 cm³/mol. The number of hydrogen-bond acceptors (Lipinski definition) is 3. The summed E-state index contributed by atoms with van der Waals surface area (Å²) in [6.45, 7) is 0. The molecule has 0 aromatic heterocycles. The maximum Gasteiger partial charge on any atom is 0.457 e. The first-order valence-corrected chi connectivity index (χ1v) is 2.46. The number of ketones is 1. The van der Waals surface area contributed by atoms with E-state index in [4.69, 9.17) is 0 Å². The van der Waals surface area contributed by atoms with E-state index in [0.29, 0.717) is 0 Å². The second-order valence-corrected chi connectivity index (χ2v) is 1.77. The fourth-order valence-electron chi connectivity index (χ4n) is 0.319. The number of rotatable bonds is 2. The SMILES string of the molecule is O=C(OF)C(F)(F)C(=O)C(F)(F)F.[Zn]. The summed E-state index contributed by atoms with van der Waals surface area (Å²) in [7, 11) is 0. The van der Waals surface area contributed by atoms with Gasteiger partial charge in [-0.2, -0.15) is 22.0 Å². The van der Waals surface area contributed by atoms with E-state index >= 15 is 0 Å². The average molecular weight is 275 g/mol. The van der Waals surface area contributed by atoms with Crippen molar-refractivity contribution in [3.63, 3.8) is 0 Å². The molecule has 0 atom stereocenters. The molecule has 0 unspecified atom stereocenters. The molecule has 3 nitrogen and oxygen atoms in total. The molecule has 0 saturated carbocycles. The monoisotopic (exact) mass is 274 g/mol. The first-order chi connectivity index (χ1) is 5.64. The van der Waals surface area contributed by atoms with E-state index in [2.05, 4.69) is 0 Å². The molecule has 0 fully saturated rings. The van der Waals surface area contributed by atoms with E-state index in [9.17, 15) is 36.1 Å². The smallest absolute Gasteiger partial charge is 0.282 e. The Hall–Kier alpha value is -0.657. The largest absolute Gasteiger partial charge is 0.457 e. The Labute approximate surface area is 85.0 Å². The molecule has 0 rings (SSSR count). The Balaban J connectivity index is 0. The predicted octanol–water partition coefficient (Wildman–Crippen LogP) is 1.18. The van der Waals surface area contributed by atoms with Crippen molar-refractivity contribution in [2.45, 2.75) is 12.1 Å². The van der Waals surface area contributed by atoms with Gasteiger partial charge in [0, 0.05) is 24.0 Å². The van der Waals surface area contributed by atoms with Crippen LogP contribution >= 0.6 is 0 Å². The van der Waals surface area contributed by atoms with Crippen LogP contribution in [0.5, 0.6) is 0 Å². The van der Waals surface area contributed by atoms with Gasteiger partial charge in [0.2, 0.25) is 0 Å². The van der Waals surface area contributed by atoms with E-state index in [-0.39, 0.29) is 19.5 Å². The molecule has 0 heterocycles. The Morgan fingerprint density at radius 1 is 1.00 bits per heavy atom. The van der Waals surface area contributed by atoms with Crippen LogP contribution < -0.4 is 0 Å². The third-order valence-electron chi connectivity index (χ3n) is 0.869. The zero-order chi connectivity index (χ0) is 10.9. The molecule has 0 spiro atoms. The van der Waals surface area contributed by atoms with Gasteiger partial charge in [-0.25, -0.2) is 9.74 Å². The summed E-state index contributed by atoms with van der Waals surface area (Å²) >= 11 is 0. The number of carbonyl (C=O) groups excluding carboxylic acids is 2. The van der Waals surface area contributed by atoms with Crippen LogP contribution in [0, 0.1) is 0 Å². The number of carbonyl (C=O) groups is 2. The van der Waals surface area contributed by atoms with Gasteiger partial charge in [-0.05, 0) is 0 Å². The molecule has 0 aromatic rings. The van der Waals surface area contributed by atoms with Gasteiger partial charge in [0.05, 0.1) is 0 Å². The van der Waals surface area contributed by atoms with Crippen LogP contribution in [0.3, 0.4) is 0 Å². The number of halogens is 6. The van der Waals surface area contributed by atoms with E-state index in [0.717, 1.165) is 0 Å². The maximum atomic E-state index is 11.9. The topological polar surface area (TPSA) is 43.4 Å².